The molecule has 3 aromatic carbocycles. The number of carbonyl (C=O) groups excluding carboxylic acids is 4. The molecule has 5 saturated heterocycles. The summed E-state index contributed by atoms with van der Waals surface area (Å²) in [6.07, 6.45) is -44.7. The SMILES string of the molecule is COc1cc(/C=C/C(=O)OC[C@@]2(O[C@H]3O[C@H](COC(C)=O)[C@@H](OC(=O)/C=C/c4ccc(O)cc4)[C@H](O[C@@H]4O[C@H](CO)[C@@H](O[C@@H]5O[C@H](CO)[C@@H](O)[C@H](O)[C@H]5O)[C@H](O)[C@H]4O)[C@H]3O[C@@H]3O[C@H](CO)[C@@H](O)[C@H](O)[C@H]3O)O[C@H](CO)[C@@H](O)[C@@H]2OC(=O)c2ccccc2)ccc1O. The average molecular weight is 1300 g/mol. The van der Waals surface area contributed by atoms with E-state index in [1.165, 1.54) is 86.0 Å². The summed E-state index contributed by atoms with van der Waals surface area (Å²) in [6.45, 7) is -5.56. The van der Waals surface area contributed by atoms with Gasteiger partial charge in [-0.3, -0.25) is 4.79 Å². The maximum Gasteiger partial charge on any atom is 0.338 e. The van der Waals surface area contributed by atoms with Crippen LogP contribution in [0.2, 0.25) is 0 Å². The van der Waals surface area contributed by atoms with Crippen LogP contribution in [0.5, 0.6) is 17.2 Å². The predicted octanol–water partition coefficient (Wildman–Crippen LogP) is -5.54. The lowest BCUT2D eigenvalue weighted by atomic mass is 9.95. The Morgan fingerprint density at radius 3 is 1.63 bits per heavy atom. The Morgan fingerprint density at radius 2 is 1.04 bits per heavy atom. The van der Waals surface area contributed by atoms with E-state index in [1.807, 2.05) is 0 Å². The first-order valence-corrected chi connectivity index (χ1v) is 28.2. The first-order valence-electron chi connectivity index (χ1n) is 28.2. The second kappa shape index (κ2) is 31.4. The van der Waals surface area contributed by atoms with Gasteiger partial charge in [0.2, 0.25) is 5.79 Å². The molecular formula is C58H72O33. The van der Waals surface area contributed by atoms with Gasteiger partial charge in [0, 0.05) is 19.1 Å². The summed E-state index contributed by atoms with van der Waals surface area (Å²) in [5.41, 5.74) is 0.442. The Bertz CT molecular complexity index is 2930. The Morgan fingerprint density at radius 1 is 0.516 bits per heavy atom. The van der Waals surface area contributed by atoms with Crippen molar-refractivity contribution in [2.24, 2.45) is 0 Å². The van der Waals surface area contributed by atoms with Gasteiger partial charge in [-0.25, -0.2) is 14.4 Å². The maximum absolute atomic E-state index is 14.2. The molecule has 502 valence electrons. The molecule has 0 aromatic heterocycles. The Hall–Kier alpha value is -6.46. The number of ether oxygens (including phenoxy) is 14. The molecule has 0 amide bonds. The van der Waals surface area contributed by atoms with Crippen LogP contribution in [-0.2, 0) is 76.0 Å². The second-order valence-electron chi connectivity index (χ2n) is 21.4. The van der Waals surface area contributed by atoms with E-state index in [2.05, 4.69) is 0 Å². The van der Waals surface area contributed by atoms with Gasteiger partial charge in [0.15, 0.2) is 48.9 Å². The van der Waals surface area contributed by atoms with Crippen LogP contribution in [0.4, 0.5) is 0 Å². The first-order chi connectivity index (χ1) is 43.4. The lowest BCUT2D eigenvalue weighted by molar-refractivity contribution is -0.423. The van der Waals surface area contributed by atoms with Crippen LogP contribution in [0.1, 0.15) is 28.4 Å². The maximum atomic E-state index is 14.2. The molecule has 3 aromatic rings. The van der Waals surface area contributed by atoms with Crippen LogP contribution in [0.15, 0.2) is 84.9 Å². The number of benzene rings is 3. The molecule has 5 fully saturated rings. The third-order valence-electron chi connectivity index (χ3n) is 15.2. The molecular weight excluding hydrogens is 1220 g/mol. The summed E-state index contributed by atoms with van der Waals surface area (Å²) in [7, 11) is 1.27. The van der Waals surface area contributed by atoms with E-state index >= 15 is 0 Å². The van der Waals surface area contributed by atoms with Gasteiger partial charge in [0.25, 0.3) is 0 Å². The normalized spacial score (nSPS) is 36.8. The molecule has 33 nitrogen and oxygen atoms in total. The van der Waals surface area contributed by atoms with Crippen molar-refractivity contribution in [3.05, 3.63) is 102 Å². The molecule has 15 N–H and O–H groups in total. The third kappa shape index (κ3) is 16.5. The summed E-state index contributed by atoms with van der Waals surface area (Å²) in [5.74, 6) is -8.08. The lowest BCUT2D eigenvalue weighted by Gasteiger charge is -2.51. The average Bonchev–Trinajstić information content (AvgIpc) is 1.72. The molecule has 0 aliphatic carbocycles. The highest BCUT2D eigenvalue weighted by molar-refractivity contribution is 5.90. The molecule has 5 heterocycles. The second-order valence-corrected chi connectivity index (χ2v) is 21.4. The molecule has 5 aliphatic heterocycles. The highest BCUT2D eigenvalue weighted by Crippen LogP contribution is 2.43. The van der Waals surface area contributed by atoms with Gasteiger partial charge < -0.3 is 143 Å². The molecule has 91 heavy (non-hydrogen) atoms. The van der Waals surface area contributed by atoms with Crippen LogP contribution < -0.4 is 4.74 Å². The minimum atomic E-state index is -2.99. The van der Waals surface area contributed by atoms with Crippen molar-refractivity contribution in [1.82, 2.24) is 0 Å². The van der Waals surface area contributed by atoms with Crippen molar-refractivity contribution in [3.8, 4) is 17.2 Å². The van der Waals surface area contributed by atoms with Crippen LogP contribution in [0.25, 0.3) is 12.2 Å². The number of hydrogen-bond donors (Lipinski definition) is 15. The monoisotopic (exact) mass is 1300 g/mol. The molecule has 5 aliphatic rings. The predicted molar refractivity (Wildman–Crippen MR) is 294 cm³/mol. The van der Waals surface area contributed by atoms with E-state index in [4.69, 9.17) is 66.3 Å². The molecule has 0 radical (unpaired) electrons. The van der Waals surface area contributed by atoms with E-state index in [0.29, 0.717) is 5.56 Å². The van der Waals surface area contributed by atoms with Crippen molar-refractivity contribution in [2.75, 3.05) is 46.8 Å². The number of carbonyl (C=O) groups is 4. The number of phenols is 2. The number of aromatic hydroxyl groups is 2. The fourth-order valence-electron chi connectivity index (χ4n) is 10.4. The van der Waals surface area contributed by atoms with Crippen LogP contribution in [-0.4, -0.2) is 294 Å². The number of aliphatic hydroxyl groups is 13. The van der Waals surface area contributed by atoms with Gasteiger partial charge in [0.05, 0.1) is 39.1 Å². The van der Waals surface area contributed by atoms with Gasteiger partial charge in [0.1, 0.15) is 123 Å². The minimum absolute atomic E-state index is 0.0122. The largest absolute Gasteiger partial charge is 0.508 e. The van der Waals surface area contributed by atoms with Gasteiger partial charge >= 0.3 is 23.9 Å². The Labute approximate surface area is 516 Å². The van der Waals surface area contributed by atoms with Crippen molar-refractivity contribution in [3.63, 3.8) is 0 Å². The molecule has 24 atom stereocenters. The first kappa shape index (κ1) is 70.4. The van der Waals surface area contributed by atoms with Crippen LogP contribution in [0.3, 0.4) is 0 Å². The molecule has 33 heteroatoms. The molecule has 0 unspecified atom stereocenters. The van der Waals surface area contributed by atoms with Crippen molar-refractivity contribution in [1.29, 1.82) is 0 Å². The van der Waals surface area contributed by atoms with E-state index in [1.54, 1.807) is 6.07 Å². The number of phenolic OH excluding ortho intramolecular Hbond substituents is 2. The van der Waals surface area contributed by atoms with E-state index < -0.39 is 210 Å². The summed E-state index contributed by atoms with van der Waals surface area (Å²) >= 11 is 0. The third-order valence-corrected chi connectivity index (χ3v) is 15.2. The molecule has 0 bridgehead atoms. The standard InChI is InChI=1S/C58H72O33/c1-25(63)79-23-36-49(85-38(67)17-11-26-8-13-29(64)14-9-26)50(87-56-47(76)44(73)48(35(22-62)83-56)86-54-45(74)42(71)39(68)32(19-59)81-54)51(88-55-46(75)43(72)40(69)33(20-60)82-55)57(84-36)91-58(24-80-37(66)16-12-27-10-15-30(65)31(18-27)78-2)52(41(70)34(21-61)90-58)89-53(77)28-6-4-3-5-7-28/h3-18,32-36,39-52,54-57,59-62,64-65,68-76H,19-24H2,1-2H3/b16-12+,17-11+/t32-,33-,34-,35-,36-,39-,40-,41-,42+,43+,44-,45-,46-,47-,48-,49-,50+,51-,52+,54+,55+,56+,57-,58+/m1/s1. The summed E-state index contributed by atoms with van der Waals surface area (Å²) < 4.78 is 83.1. The van der Waals surface area contributed by atoms with E-state index in [9.17, 15) is 95.8 Å². The van der Waals surface area contributed by atoms with Gasteiger partial charge in [-0.15, -0.1) is 0 Å². The smallest absolute Gasteiger partial charge is 0.338 e. The van der Waals surface area contributed by atoms with Crippen molar-refractivity contribution in [2.45, 2.75) is 154 Å². The van der Waals surface area contributed by atoms with E-state index in [0.717, 1.165) is 19.1 Å². The topological polar surface area (TPSA) is 501 Å². The summed E-state index contributed by atoms with van der Waals surface area (Å²) in [5, 5.41) is 163. The Balaban J connectivity index is 1.26. The van der Waals surface area contributed by atoms with Gasteiger partial charge in [-0.2, -0.15) is 0 Å². The molecule has 0 spiro atoms. The minimum Gasteiger partial charge on any atom is -0.508 e. The highest BCUT2D eigenvalue weighted by Gasteiger charge is 2.64. The number of rotatable bonds is 24. The number of hydrogen-bond acceptors (Lipinski definition) is 33. The van der Waals surface area contributed by atoms with E-state index in [-0.39, 0.29) is 28.4 Å². The van der Waals surface area contributed by atoms with Crippen LogP contribution in [0, 0.1) is 0 Å². The molecule has 0 saturated carbocycles. The zero-order valence-electron chi connectivity index (χ0n) is 48.3. The quantitative estimate of drug-likeness (QED) is 0.0226. The zero-order chi connectivity index (χ0) is 66.0. The highest BCUT2D eigenvalue weighted by atomic mass is 16.8. The summed E-state index contributed by atoms with van der Waals surface area (Å²) in [4.78, 5) is 54.9. The summed E-state index contributed by atoms with van der Waals surface area (Å²) in [6, 6.07) is 16.4. The lowest BCUT2D eigenvalue weighted by Crippen LogP contribution is -2.69. The number of esters is 4. The fourth-order valence-corrected chi connectivity index (χ4v) is 10.4. The number of aliphatic hydroxyl groups excluding tert-OH is 13. The number of methoxy groups -OCH3 is 1. The fraction of sp³-hybridized carbons (Fsp3) is 0.552. The van der Waals surface area contributed by atoms with Crippen molar-refractivity contribution < 1.29 is 162 Å². The zero-order valence-corrected chi connectivity index (χ0v) is 48.3. The van der Waals surface area contributed by atoms with Gasteiger partial charge in [-0.1, -0.05) is 36.4 Å². The Kier molecular flexibility index (Phi) is 24.3. The van der Waals surface area contributed by atoms with Gasteiger partial charge in [-0.05, 0) is 59.7 Å². The van der Waals surface area contributed by atoms with Crippen LogP contribution >= 0.6 is 0 Å². The molecule has 8 rings (SSSR count). The van der Waals surface area contributed by atoms with Crippen molar-refractivity contribution >= 4 is 36.0 Å².